The molecule has 0 radical (unpaired) electrons. The van der Waals surface area contributed by atoms with Crippen LogP contribution in [0.4, 0.5) is 0 Å². The average molecular weight is 866 g/mol. The number of carbonyl (C=O) groups excluding carboxylic acids is 5. The fraction of sp³-hybridized carbons (Fsp3) is 0.800. The number of hydrogen-bond donors (Lipinski definition) is 5. The molecular formula is C45H79N5O11. The Kier molecular flexibility index (Phi) is 35.7. The van der Waals surface area contributed by atoms with Gasteiger partial charge in [0, 0.05) is 69.6 Å². The standard InChI is InChI=1S/C45H79N5O11/c1-37(51)38(31-42(53)41(46)32-39-33-47-36-50-39)19-16-17-23-48-43(54)34-61-30-28-59-26-24-49-44(55)35-60-29-27-58-25-18-21-40(52)20-14-12-10-8-6-4-2-3-5-7-9-11-13-15-22-45(56)57/h33,36,38,41H,2-32,34-35,46H2,1H3,(H,47,50)(H,48,54)(H,49,55)(H,56,57)/t38-,41+/m1/s1. The summed E-state index contributed by atoms with van der Waals surface area (Å²) in [5.74, 6) is -1.52. The third-order valence-corrected chi connectivity index (χ3v) is 10.4. The number of nitrogens with two attached hydrogens (primary N) is 1. The van der Waals surface area contributed by atoms with Crippen LogP contribution in [0.5, 0.6) is 0 Å². The number of ether oxygens (including phenoxy) is 4. The molecule has 0 aromatic carbocycles. The van der Waals surface area contributed by atoms with Gasteiger partial charge in [-0.2, -0.15) is 0 Å². The Morgan fingerprint density at radius 1 is 0.639 bits per heavy atom. The number of aromatic amines is 1. The second kappa shape index (κ2) is 39.3. The zero-order valence-corrected chi connectivity index (χ0v) is 37.2. The van der Waals surface area contributed by atoms with Crippen molar-refractivity contribution in [2.45, 2.75) is 161 Å². The van der Waals surface area contributed by atoms with Crippen LogP contribution in [0.25, 0.3) is 0 Å². The van der Waals surface area contributed by atoms with Gasteiger partial charge in [0.2, 0.25) is 11.8 Å². The third kappa shape index (κ3) is 35.7. The lowest BCUT2D eigenvalue weighted by Crippen LogP contribution is -2.35. The molecule has 350 valence electrons. The van der Waals surface area contributed by atoms with Crippen LogP contribution in [0.2, 0.25) is 0 Å². The van der Waals surface area contributed by atoms with Crippen LogP contribution >= 0.6 is 0 Å². The van der Waals surface area contributed by atoms with E-state index in [-0.39, 0.29) is 75.2 Å². The summed E-state index contributed by atoms with van der Waals surface area (Å²) in [7, 11) is 0. The molecule has 0 bridgehead atoms. The van der Waals surface area contributed by atoms with Crippen LogP contribution in [0.1, 0.15) is 154 Å². The number of rotatable bonds is 45. The Morgan fingerprint density at radius 2 is 1.15 bits per heavy atom. The molecule has 2 atom stereocenters. The molecule has 0 saturated heterocycles. The number of ketones is 3. The lowest BCUT2D eigenvalue weighted by molar-refractivity contribution is -0.137. The van der Waals surface area contributed by atoms with E-state index in [0.717, 1.165) is 37.8 Å². The summed E-state index contributed by atoms with van der Waals surface area (Å²) in [5.41, 5.74) is 6.79. The van der Waals surface area contributed by atoms with Crippen molar-refractivity contribution in [3.05, 3.63) is 18.2 Å². The van der Waals surface area contributed by atoms with Crippen LogP contribution in [0, 0.1) is 5.92 Å². The molecule has 1 heterocycles. The number of H-pyrrole nitrogens is 1. The highest BCUT2D eigenvalue weighted by Gasteiger charge is 2.23. The van der Waals surface area contributed by atoms with Crippen molar-refractivity contribution in [2.24, 2.45) is 11.7 Å². The number of aromatic nitrogens is 2. The van der Waals surface area contributed by atoms with E-state index in [2.05, 4.69) is 20.6 Å². The monoisotopic (exact) mass is 866 g/mol. The maximum Gasteiger partial charge on any atom is 0.303 e. The molecule has 1 aromatic rings. The Hall–Kier alpha value is -3.57. The summed E-state index contributed by atoms with van der Waals surface area (Å²) >= 11 is 0. The number of carboxylic acids is 1. The fourth-order valence-electron chi connectivity index (χ4n) is 6.68. The topological polar surface area (TPSA) is 238 Å². The van der Waals surface area contributed by atoms with E-state index in [0.29, 0.717) is 77.7 Å². The van der Waals surface area contributed by atoms with Gasteiger partial charge in [0.1, 0.15) is 24.8 Å². The predicted octanol–water partition coefficient (Wildman–Crippen LogP) is 5.59. The SMILES string of the molecule is CC(=O)[C@H](CCCCNC(=O)COCCOCCNC(=O)COCCOCCCC(=O)CCCCCCCCCCCCCCCCC(=O)O)CC(=O)[C@@H](N)Cc1cnc[nH]1. The highest BCUT2D eigenvalue weighted by atomic mass is 16.5. The fourth-order valence-corrected chi connectivity index (χ4v) is 6.68. The van der Waals surface area contributed by atoms with Crippen molar-refractivity contribution in [1.29, 1.82) is 0 Å². The van der Waals surface area contributed by atoms with E-state index in [4.69, 9.17) is 29.8 Å². The minimum Gasteiger partial charge on any atom is -0.481 e. The van der Waals surface area contributed by atoms with Crippen LogP contribution in [-0.2, 0) is 54.1 Å². The molecule has 1 aromatic heterocycles. The molecule has 61 heavy (non-hydrogen) atoms. The molecule has 0 unspecified atom stereocenters. The average Bonchev–Trinajstić information content (AvgIpc) is 3.74. The van der Waals surface area contributed by atoms with Gasteiger partial charge in [-0.1, -0.05) is 83.5 Å². The number of nitrogens with one attached hydrogen (secondary N) is 3. The number of Topliss-reactive ketones (excluding diaryl/α,β-unsaturated/α-hetero) is 3. The molecule has 0 aliphatic rings. The van der Waals surface area contributed by atoms with Crippen molar-refractivity contribution in [1.82, 2.24) is 20.6 Å². The molecule has 1 rings (SSSR count). The van der Waals surface area contributed by atoms with Gasteiger partial charge in [-0.05, 0) is 39.0 Å². The molecular weight excluding hydrogens is 787 g/mol. The number of unbranched alkanes of at least 4 members (excludes halogenated alkanes) is 14. The van der Waals surface area contributed by atoms with E-state index in [1.54, 1.807) is 6.20 Å². The number of aliphatic carboxylic acids is 1. The van der Waals surface area contributed by atoms with Crippen molar-refractivity contribution < 1.29 is 52.8 Å². The predicted molar refractivity (Wildman–Crippen MR) is 233 cm³/mol. The molecule has 2 amide bonds. The van der Waals surface area contributed by atoms with Crippen LogP contribution in [-0.4, -0.2) is 122 Å². The van der Waals surface area contributed by atoms with Crippen LogP contribution < -0.4 is 16.4 Å². The van der Waals surface area contributed by atoms with Crippen molar-refractivity contribution in [2.75, 3.05) is 65.9 Å². The molecule has 0 fully saturated rings. The number of imidazole rings is 1. The molecule has 0 saturated carbocycles. The van der Waals surface area contributed by atoms with Crippen LogP contribution in [0.3, 0.4) is 0 Å². The van der Waals surface area contributed by atoms with Gasteiger partial charge in [0.15, 0.2) is 5.78 Å². The molecule has 6 N–H and O–H groups in total. The van der Waals surface area contributed by atoms with Crippen LogP contribution in [0.15, 0.2) is 12.5 Å². The highest BCUT2D eigenvalue weighted by Crippen LogP contribution is 2.17. The third-order valence-electron chi connectivity index (χ3n) is 10.4. The smallest absolute Gasteiger partial charge is 0.303 e. The summed E-state index contributed by atoms with van der Waals surface area (Å²) in [6.07, 6.45) is 24.0. The zero-order valence-electron chi connectivity index (χ0n) is 37.2. The zero-order chi connectivity index (χ0) is 44.6. The summed E-state index contributed by atoms with van der Waals surface area (Å²) < 4.78 is 21.6. The van der Waals surface area contributed by atoms with E-state index >= 15 is 0 Å². The molecule has 16 heteroatoms. The summed E-state index contributed by atoms with van der Waals surface area (Å²) in [6, 6.07) is -0.695. The number of nitrogens with zero attached hydrogens (tertiary/aromatic N) is 1. The number of carboxylic acid groups (broad SMARTS) is 1. The highest BCUT2D eigenvalue weighted by molar-refractivity contribution is 5.89. The van der Waals surface area contributed by atoms with Gasteiger partial charge >= 0.3 is 5.97 Å². The summed E-state index contributed by atoms with van der Waals surface area (Å²) in [4.78, 5) is 78.1. The Bertz CT molecular complexity index is 1300. The second-order valence-electron chi connectivity index (χ2n) is 15.9. The van der Waals surface area contributed by atoms with Gasteiger partial charge in [-0.15, -0.1) is 0 Å². The number of amides is 2. The van der Waals surface area contributed by atoms with E-state index < -0.39 is 17.9 Å². The molecule has 0 aliphatic heterocycles. The maximum absolute atomic E-state index is 12.5. The quantitative estimate of drug-likeness (QED) is 0.0504. The summed E-state index contributed by atoms with van der Waals surface area (Å²) in [5, 5.41) is 14.1. The first-order valence-electron chi connectivity index (χ1n) is 22.9. The maximum atomic E-state index is 12.5. The van der Waals surface area contributed by atoms with E-state index in [1.807, 2.05) is 0 Å². The largest absolute Gasteiger partial charge is 0.481 e. The molecule has 0 aliphatic carbocycles. The molecule has 0 spiro atoms. The van der Waals surface area contributed by atoms with Gasteiger partial charge in [-0.25, -0.2) is 4.98 Å². The van der Waals surface area contributed by atoms with Crippen molar-refractivity contribution >= 4 is 35.1 Å². The Balaban J connectivity index is 1.83. The Labute approximate surface area is 364 Å². The Morgan fingerprint density at radius 3 is 1.69 bits per heavy atom. The van der Waals surface area contributed by atoms with Gasteiger partial charge < -0.3 is 45.4 Å². The first-order valence-corrected chi connectivity index (χ1v) is 22.9. The van der Waals surface area contributed by atoms with Gasteiger partial charge in [0.05, 0.1) is 45.4 Å². The normalized spacial score (nSPS) is 12.2. The van der Waals surface area contributed by atoms with Gasteiger partial charge in [-0.3, -0.25) is 28.8 Å². The minimum atomic E-state index is -0.695. The van der Waals surface area contributed by atoms with E-state index in [9.17, 15) is 28.8 Å². The van der Waals surface area contributed by atoms with Crippen molar-refractivity contribution in [3.8, 4) is 0 Å². The van der Waals surface area contributed by atoms with E-state index in [1.165, 1.54) is 71.0 Å². The van der Waals surface area contributed by atoms with Gasteiger partial charge in [0.25, 0.3) is 0 Å². The first-order chi connectivity index (χ1) is 29.6. The lowest BCUT2D eigenvalue weighted by Gasteiger charge is -2.16. The number of carbonyl (C=O) groups is 6. The van der Waals surface area contributed by atoms with Crippen molar-refractivity contribution in [3.63, 3.8) is 0 Å². The molecule has 16 nitrogen and oxygen atoms in total. The summed E-state index contributed by atoms with van der Waals surface area (Å²) in [6.45, 7) is 3.94. The lowest BCUT2D eigenvalue weighted by atomic mass is 9.90. The first kappa shape index (κ1) is 55.4. The minimum absolute atomic E-state index is 0.0491. The second-order valence-corrected chi connectivity index (χ2v) is 15.9. The number of hydrogen-bond acceptors (Lipinski definition) is 12.